The number of nitrogens with two attached hydrogens (primary N) is 1. The summed E-state index contributed by atoms with van der Waals surface area (Å²) in [5.41, 5.74) is 6.43. The van der Waals surface area contributed by atoms with Crippen LogP contribution in [-0.4, -0.2) is 26.2 Å². The first-order valence-corrected chi connectivity index (χ1v) is 6.35. The lowest BCUT2D eigenvalue weighted by molar-refractivity contribution is 0.265. The van der Waals surface area contributed by atoms with E-state index in [1.165, 1.54) is 6.07 Å². The maximum absolute atomic E-state index is 11.9. The van der Waals surface area contributed by atoms with Crippen LogP contribution in [0.2, 0.25) is 0 Å². The van der Waals surface area contributed by atoms with Gasteiger partial charge in [-0.1, -0.05) is 12.1 Å². The van der Waals surface area contributed by atoms with Gasteiger partial charge < -0.3 is 10.8 Å². The normalized spacial score (nSPS) is 13.7. The molecule has 16 heavy (non-hydrogen) atoms. The lowest BCUT2D eigenvalue weighted by Crippen LogP contribution is -2.35. The Bertz CT molecular complexity index is 451. The number of sulfonamides is 1. The second-order valence-corrected chi connectivity index (χ2v) is 5.35. The highest BCUT2D eigenvalue weighted by Gasteiger charge is 2.21. The first-order valence-electron chi connectivity index (χ1n) is 4.86. The lowest BCUT2D eigenvalue weighted by atomic mass is 10.2. The molecule has 0 radical (unpaired) electrons. The van der Waals surface area contributed by atoms with Crippen molar-refractivity contribution in [3.8, 4) is 0 Å². The molecule has 1 rings (SSSR count). The number of rotatable bonds is 4. The van der Waals surface area contributed by atoms with E-state index in [4.69, 9.17) is 10.8 Å². The van der Waals surface area contributed by atoms with Gasteiger partial charge in [-0.25, -0.2) is 13.1 Å². The predicted octanol–water partition coefficient (Wildman–Crippen LogP) is 0.236. The summed E-state index contributed by atoms with van der Waals surface area (Å²) >= 11 is 0. The SMILES string of the molecule is Cc1cccc(N)c1S(=O)(=O)N[C@@H](C)CO. The quantitative estimate of drug-likeness (QED) is 0.661. The summed E-state index contributed by atoms with van der Waals surface area (Å²) in [5, 5.41) is 8.83. The summed E-state index contributed by atoms with van der Waals surface area (Å²) in [6.07, 6.45) is 0. The molecule has 0 bridgehead atoms. The van der Waals surface area contributed by atoms with Crippen LogP contribution in [0.1, 0.15) is 12.5 Å². The van der Waals surface area contributed by atoms with Crippen molar-refractivity contribution in [2.24, 2.45) is 0 Å². The molecule has 90 valence electrons. The van der Waals surface area contributed by atoms with Crippen molar-refractivity contribution < 1.29 is 13.5 Å². The molecule has 0 heterocycles. The first-order chi connectivity index (χ1) is 7.38. The zero-order chi connectivity index (χ0) is 12.3. The monoisotopic (exact) mass is 244 g/mol. The third kappa shape index (κ3) is 2.72. The van der Waals surface area contributed by atoms with Gasteiger partial charge in [-0.05, 0) is 25.5 Å². The molecule has 6 heteroatoms. The van der Waals surface area contributed by atoms with Crippen molar-refractivity contribution >= 4 is 15.7 Å². The van der Waals surface area contributed by atoms with Gasteiger partial charge in [-0.15, -0.1) is 0 Å². The van der Waals surface area contributed by atoms with Crippen LogP contribution in [0.15, 0.2) is 23.1 Å². The van der Waals surface area contributed by atoms with E-state index in [-0.39, 0.29) is 17.2 Å². The number of nitrogens with one attached hydrogen (secondary N) is 1. The highest BCUT2D eigenvalue weighted by molar-refractivity contribution is 7.89. The van der Waals surface area contributed by atoms with Crippen LogP contribution in [0.3, 0.4) is 0 Å². The molecule has 4 N–H and O–H groups in total. The second-order valence-electron chi connectivity index (χ2n) is 3.70. The van der Waals surface area contributed by atoms with Crippen LogP contribution in [-0.2, 0) is 10.0 Å². The molecule has 0 aliphatic carbocycles. The molecule has 0 saturated heterocycles. The minimum absolute atomic E-state index is 0.0790. The van der Waals surface area contributed by atoms with Gasteiger partial charge in [0, 0.05) is 6.04 Å². The average Bonchev–Trinajstić information content (AvgIpc) is 2.16. The average molecular weight is 244 g/mol. The smallest absolute Gasteiger partial charge is 0.243 e. The molecular weight excluding hydrogens is 228 g/mol. The number of nitrogen functional groups attached to an aromatic ring is 1. The molecule has 0 saturated carbocycles. The maximum Gasteiger partial charge on any atom is 0.243 e. The van der Waals surface area contributed by atoms with E-state index in [0.29, 0.717) is 5.56 Å². The summed E-state index contributed by atoms with van der Waals surface area (Å²) in [7, 11) is -3.67. The number of hydrogen-bond acceptors (Lipinski definition) is 4. The maximum atomic E-state index is 11.9. The number of anilines is 1. The molecule has 1 aromatic carbocycles. The van der Waals surface area contributed by atoms with Crippen LogP contribution in [0, 0.1) is 6.92 Å². The van der Waals surface area contributed by atoms with Crippen molar-refractivity contribution in [2.45, 2.75) is 24.8 Å². The lowest BCUT2D eigenvalue weighted by Gasteiger charge is -2.14. The zero-order valence-corrected chi connectivity index (χ0v) is 10.1. The fourth-order valence-corrected chi connectivity index (χ4v) is 3.00. The van der Waals surface area contributed by atoms with Crippen LogP contribution < -0.4 is 10.5 Å². The molecule has 5 nitrogen and oxygen atoms in total. The van der Waals surface area contributed by atoms with E-state index in [1.807, 2.05) is 0 Å². The number of aryl methyl sites for hydroxylation is 1. The molecular formula is C10H16N2O3S. The van der Waals surface area contributed by atoms with Gasteiger partial charge in [0.05, 0.1) is 12.3 Å². The minimum atomic E-state index is -3.67. The molecule has 1 aromatic rings. The van der Waals surface area contributed by atoms with E-state index in [9.17, 15) is 8.42 Å². The van der Waals surface area contributed by atoms with Crippen molar-refractivity contribution in [3.05, 3.63) is 23.8 Å². The summed E-state index contributed by atoms with van der Waals surface area (Å²) < 4.78 is 26.2. The zero-order valence-electron chi connectivity index (χ0n) is 9.27. The molecule has 0 fully saturated rings. The minimum Gasteiger partial charge on any atom is -0.398 e. The molecule has 0 amide bonds. The number of aliphatic hydroxyl groups excluding tert-OH is 1. The molecule has 1 atom stereocenters. The molecule has 0 unspecified atom stereocenters. The number of hydrogen-bond donors (Lipinski definition) is 3. The Morgan fingerprint density at radius 1 is 1.50 bits per heavy atom. The number of aliphatic hydroxyl groups is 1. The largest absolute Gasteiger partial charge is 0.398 e. The van der Waals surface area contributed by atoms with E-state index in [2.05, 4.69) is 4.72 Å². The van der Waals surface area contributed by atoms with Gasteiger partial charge in [-0.2, -0.15) is 0 Å². The van der Waals surface area contributed by atoms with Gasteiger partial charge in [0.2, 0.25) is 10.0 Å². The molecule has 0 aliphatic heterocycles. The summed E-state index contributed by atoms with van der Waals surface area (Å²) in [5.74, 6) is 0. The standard InChI is InChI=1S/C10H16N2O3S/c1-7-4-3-5-9(11)10(7)16(14,15)12-8(2)6-13/h3-5,8,12-13H,6,11H2,1-2H3/t8-/m0/s1. The van der Waals surface area contributed by atoms with Crippen LogP contribution in [0.4, 0.5) is 5.69 Å². The Labute approximate surface area is 95.3 Å². The Balaban J connectivity index is 3.17. The molecule has 0 aliphatic rings. The Hall–Kier alpha value is -1.11. The number of benzene rings is 1. The van der Waals surface area contributed by atoms with E-state index < -0.39 is 16.1 Å². The molecule has 0 spiro atoms. The summed E-state index contributed by atoms with van der Waals surface area (Å²) in [4.78, 5) is 0.0790. The van der Waals surface area contributed by atoms with Crippen molar-refractivity contribution in [3.63, 3.8) is 0 Å². The van der Waals surface area contributed by atoms with Crippen molar-refractivity contribution in [2.75, 3.05) is 12.3 Å². The third-order valence-corrected chi connectivity index (χ3v) is 3.95. The van der Waals surface area contributed by atoms with E-state index in [1.54, 1.807) is 26.0 Å². The highest BCUT2D eigenvalue weighted by atomic mass is 32.2. The van der Waals surface area contributed by atoms with Crippen molar-refractivity contribution in [1.82, 2.24) is 4.72 Å². The first kappa shape index (κ1) is 13.0. The third-order valence-electron chi connectivity index (χ3n) is 2.14. The second kappa shape index (κ2) is 4.82. The van der Waals surface area contributed by atoms with E-state index in [0.717, 1.165) is 0 Å². The highest BCUT2D eigenvalue weighted by Crippen LogP contribution is 2.22. The molecule has 0 aromatic heterocycles. The van der Waals surface area contributed by atoms with Gasteiger partial charge in [0.25, 0.3) is 0 Å². The topological polar surface area (TPSA) is 92.4 Å². The van der Waals surface area contributed by atoms with Gasteiger partial charge in [-0.3, -0.25) is 0 Å². The van der Waals surface area contributed by atoms with Crippen LogP contribution >= 0.6 is 0 Å². The summed E-state index contributed by atoms with van der Waals surface area (Å²) in [6, 6.07) is 4.36. The van der Waals surface area contributed by atoms with Gasteiger partial charge >= 0.3 is 0 Å². The van der Waals surface area contributed by atoms with Crippen LogP contribution in [0.25, 0.3) is 0 Å². The van der Waals surface area contributed by atoms with Gasteiger partial charge in [0.1, 0.15) is 4.90 Å². The van der Waals surface area contributed by atoms with Crippen molar-refractivity contribution in [1.29, 1.82) is 0 Å². The predicted molar refractivity (Wildman–Crippen MR) is 62.5 cm³/mol. The Morgan fingerprint density at radius 2 is 2.12 bits per heavy atom. The Kier molecular flexibility index (Phi) is 3.90. The van der Waals surface area contributed by atoms with E-state index >= 15 is 0 Å². The summed E-state index contributed by atoms with van der Waals surface area (Å²) in [6.45, 7) is 2.99. The Morgan fingerprint density at radius 3 is 2.62 bits per heavy atom. The fourth-order valence-electron chi connectivity index (χ4n) is 1.40. The fraction of sp³-hybridized carbons (Fsp3) is 0.400. The van der Waals surface area contributed by atoms with Crippen LogP contribution in [0.5, 0.6) is 0 Å². The van der Waals surface area contributed by atoms with Gasteiger partial charge in [0.15, 0.2) is 0 Å².